The quantitative estimate of drug-likeness (QED) is 0.611. The Bertz CT molecular complexity index is 89.3. The standard InChI is InChI=1S/C8H16O3/c9-4-2-1-3-8-7-10-5-6-11-8/h8-9H,1-7H2/t8-/m1/s1. The van der Waals surface area contributed by atoms with Gasteiger partial charge in [-0.2, -0.15) is 0 Å². The SMILES string of the molecule is OCCCC[C@@H]1COCCO1. The van der Waals surface area contributed by atoms with E-state index in [0.29, 0.717) is 0 Å². The number of aliphatic hydroxyl groups excluding tert-OH is 1. The van der Waals surface area contributed by atoms with Gasteiger partial charge in [-0.1, -0.05) is 0 Å². The molecule has 1 heterocycles. The topological polar surface area (TPSA) is 38.7 Å². The lowest BCUT2D eigenvalue weighted by molar-refractivity contribution is -0.0913. The molecular weight excluding hydrogens is 144 g/mol. The molecule has 0 aromatic rings. The summed E-state index contributed by atoms with van der Waals surface area (Å²) in [6, 6.07) is 0. The summed E-state index contributed by atoms with van der Waals surface area (Å²) in [6.07, 6.45) is 3.19. The van der Waals surface area contributed by atoms with Crippen LogP contribution in [-0.2, 0) is 9.47 Å². The van der Waals surface area contributed by atoms with Crippen molar-refractivity contribution < 1.29 is 14.6 Å². The summed E-state index contributed by atoms with van der Waals surface area (Å²) in [5.41, 5.74) is 0. The highest BCUT2D eigenvalue weighted by Gasteiger charge is 2.12. The highest BCUT2D eigenvalue weighted by Crippen LogP contribution is 2.08. The van der Waals surface area contributed by atoms with Crippen LogP contribution >= 0.6 is 0 Å². The van der Waals surface area contributed by atoms with E-state index in [1.54, 1.807) is 0 Å². The molecule has 1 rings (SSSR count). The van der Waals surface area contributed by atoms with Gasteiger partial charge in [0.15, 0.2) is 0 Å². The number of aliphatic hydroxyl groups is 1. The van der Waals surface area contributed by atoms with Gasteiger partial charge in [-0.25, -0.2) is 0 Å². The molecule has 0 saturated carbocycles. The molecule has 1 fully saturated rings. The Morgan fingerprint density at radius 2 is 2.18 bits per heavy atom. The minimum absolute atomic E-state index is 0.273. The van der Waals surface area contributed by atoms with Gasteiger partial charge in [-0.3, -0.25) is 0 Å². The molecule has 1 saturated heterocycles. The fourth-order valence-corrected chi connectivity index (χ4v) is 1.19. The smallest absolute Gasteiger partial charge is 0.0809 e. The van der Waals surface area contributed by atoms with Crippen LogP contribution < -0.4 is 0 Å². The first-order valence-corrected chi connectivity index (χ1v) is 4.23. The van der Waals surface area contributed by atoms with Gasteiger partial charge < -0.3 is 14.6 Å². The van der Waals surface area contributed by atoms with Crippen LogP contribution in [0.2, 0.25) is 0 Å². The maximum absolute atomic E-state index is 8.52. The molecule has 1 atom stereocenters. The molecule has 0 spiro atoms. The van der Waals surface area contributed by atoms with Crippen molar-refractivity contribution in [3.8, 4) is 0 Å². The highest BCUT2D eigenvalue weighted by atomic mass is 16.6. The van der Waals surface area contributed by atoms with Crippen LogP contribution in [0.3, 0.4) is 0 Å². The average molecular weight is 160 g/mol. The number of unbranched alkanes of at least 4 members (excludes halogenated alkanes) is 1. The molecule has 0 aliphatic carbocycles. The zero-order valence-electron chi connectivity index (χ0n) is 6.79. The van der Waals surface area contributed by atoms with Crippen LogP contribution in [0, 0.1) is 0 Å². The summed E-state index contributed by atoms with van der Waals surface area (Å²) < 4.78 is 10.6. The van der Waals surface area contributed by atoms with Crippen LogP contribution in [-0.4, -0.2) is 37.6 Å². The van der Waals surface area contributed by atoms with E-state index < -0.39 is 0 Å². The summed E-state index contributed by atoms with van der Waals surface area (Å²) in [5.74, 6) is 0. The van der Waals surface area contributed by atoms with E-state index in [-0.39, 0.29) is 12.7 Å². The predicted molar refractivity (Wildman–Crippen MR) is 41.5 cm³/mol. The average Bonchev–Trinajstić information content (AvgIpc) is 2.07. The van der Waals surface area contributed by atoms with Gasteiger partial charge in [0.2, 0.25) is 0 Å². The lowest BCUT2D eigenvalue weighted by atomic mass is 10.1. The zero-order valence-corrected chi connectivity index (χ0v) is 6.79. The van der Waals surface area contributed by atoms with E-state index in [4.69, 9.17) is 14.6 Å². The van der Waals surface area contributed by atoms with Crippen molar-refractivity contribution in [1.82, 2.24) is 0 Å². The summed E-state index contributed by atoms with van der Waals surface area (Å²) in [5, 5.41) is 8.52. The van der Waals surface area contributed by atoms with Crippen molar-refractivity contribution in [3.63, 3.8) is 0 Å². The maximum atomic E-state index is 8.52. The molecule has 1 N–H and O–H groups in total. The first kappa shape index (κ1) is 8.97. The second-order valence-corrected chi connectivity index (χ2v) is 2.79. The Hall–Kier alpha value is -0.120. The molecule has 0 radical (unpaired) electrons. The van der Waals surface area contributed by atoms with E-state index >= 15 is 0 Å². The fourth-order valence-electron chi connectivity index (χ4n) is 1.19. The van der Waals surface area contributed by atoms with Gasteiger partial charge in [0, 0.05) is 6.61 Å². The first-order valence-electron chi connectivity index (χ1n) is 4.23. The summed E-state index contributed by atoms with van der Waals surface area (Å²) in [7, 11) is 0. The molecule has 0 aromatic heterocycles. The largest absolute Gasteiger partial charge is 0.396 e. The highest BCUT2D eigenvalue weighted by molar-refractivity contribution is 4.60. The molecule has 3 nitrogen and oxygen atoms in total. The van der Waals surface area contributed by atoms with Crippen molar-refractivity contribution in [1.29, 1.82) is 0 Å². The van der Waals surface area contributed by atoms with Crippen molar-refractivity contribution in [3.05, 3.63) is 0 Å². The Labute approximate surface area is 67.3 Å². The molecule has 0 aromatic carbocycles. The Balaban J connectivity index is 1.96. The Kier molecular flexibility index (Phi) is 4.50. The number of hydrogen-bond acceptors (Lipinski definition) is 3. The number of hydrogen-bond donors (Lipinski definition) is 1. The summed E-state index contributed by atoms with van der Waals surface area (Å²) in [6.45, 7) is 2.47. The second kappa shape index (κ2) is 5.52. The first-order chi connectivity index (χ1) is 5.43. The van der Waals surface area contributed by atoms with Gasteiger partial charge >= 0.3 is 0 Å². The van der Waals surface area contributed by atoms with Crippen molar-refractivity contribution >= 4 is 0 Å². The van der Waals surface area contributed by atoms with Crippen LogP contribution in [0.4, 0.5) is 0 Å². The van der Waals surface area contributed by atoms with Crippen molar-refractivity contribution in [2.75, 3.05) is 26.4 Å². The third-order valence-corrected chi connectivity index (χ3v) is 1.82. The number of rotatable bonds is 4. The van der Waals surface area contributed by atoms with Crippen LogP contribution in [0.5, 0.6) is 0 Å². The molecule has 1 aliphatic heterocycles. The Morgan fingerprint density at radius 1 is 1.27 bits per heavy atom. The molecule has 0 unspecified atom stereocenters. The molecule has 11 heavy (non-hydrogen) atoms. The van der Waals surface area contributed by atoms with Gasteiger partial charge in [0.25, 0.3) is 0 Å². The molecule has 0 bridgehead atoms. The molecular formula is C8H16O3. The van der Waals surface area contributed by atoms with E-state index in [1.165, 1.54) is 0 Å². The summed E-state index contributed by atoms with van der Waals surface area (Å²) in [4.78, 5) is 0. The van der Waals surface area contributed by atoms with Crippen LogP contribution in [0.1, 0.15) is 19.3 Å². The molecule has 3 heteroatoms. The van der Waals surface area contributed by atoms with Crippen LogP contribution in [0.15, 0.2) is 0 Å². The summed E-state index contributed by atoms with van der Waals surface area (Å²) >= 11 is 0. The van der Waals surface area contributed by atoms with Crippen LogP contribution in [0.25, 0.3) is 0 Å². The van der Waals surface area contributed by atoms with Crippen molar-refractivity contribution in [2.24, 2.45) is 0 Å². The van der Waals surface area contributed by atoms with E-state index in [9.17, 15) is 0 Å². The molecule has 66 valence electrons. The van der Waals surface area contributed by atoms with E-state index in [0.717, 1.165) is 39.1 Å². The monoisotopic (exact) mass is 160 g/mol. The maximum Gasteiger partial charge on any atom is 0.0809 e. The van der Waals surface area contributed by atoms with E-state index in [1.807, 2.05) is 0 Å². The van der Waals surface area contributed by atoms with Gasteiger partial charge in [0.05, 0.1) is 25.9 Å². The lowest BCUT2D eigenvalue weighted by Crippen LogP contribution is -2.28. The van der Waals surface area contributed by atoms with Gasteiger partial charge in [-0.15, -0.1) is 0 Å². The lowest BCUT2D eigenvalue weighted by Gasteiger charge is -2.22. The second-order valence-electron chi connectivity index (χ2n) is 2.79. The minimum atomic E-state index is 0.273. The number of ether oxygens (including phenoxy) is 2. The minimum Gasteiger partial charge on any atom is -0.396 e. The van der Waals surface area contributed by atoms with E-state index in [2.05, 4.69) is 0 Å². The third kappa shape index (κ3) is 3.70. The fraction of sp³-hybridized carbons (Fsp3) is 1.00. The normalized spacial score (nSPS) is 25.4. The molecule has 1 aliphatic rings. The Morgan fingerprint density at radius 3 is 2.82 bits per heavy atom. The molecule has 0 amide bonds. The predicted octanol–water partition coefficient (Wildman–Crippen LogP) is 0.564. The third-order valence-electron chi connectivity index (χ3n) is 1.82. The zero-order chi connectivity index (χ0) is 7.94. The van der Waals surface area contributed by atoms with Gasteiger partial charge in [-0.05, 0) is 19.3 Å². The van der Waals surface area contributed by atoms with Crippen molar-refractivity contribution in [2.45, 2.75) is 25.4 Å². The van der Waals surface area contributed by atoms with Gasteiger partial charge in [0.1, 0.15) is 0 Å².